The summed E-state index contributed by atoms with van der Waals surface area (Å²) in [5.74, 6) is -1.10. The Morgan fingerprint density at radius 1 is 1.33 bits per heavy atom. The highest BCUT2D eigenvalue weighted by Crippen LogP contribution is 2.13. The second-order valence-corrected chi connectivity index (χ2v) is 3.66. The molecule has 84 valence electrons. The van der Waals surface area contributed by atoms with E-state index in [1.54, 1.807) is 13.8 Å². The highest BCUT2D eigenvalue weighted by atomic mass is 19.1. The van der Waals surface area contributed by atoms with Crippen LogP contribution in [0.4, 0.5) is 8.78 Å². The molecule has 0 bridgehead atoms. The summed E-state index contributed by atoms with van der Waals surface area (Å²) in [5.41, 5.74) is 0.832. The Kier molecular flexibility index (Phi) is 4.17. The third-order valence-corrected chi connectivity index (χ3v) is 2.24. The smallest absolute Gasteiger partial charge is 0.130 e. The molecule has 2 nitrogen and oxygen atoms in total. The molecule has 1 rings (SSSR count). The molecule has 0 radical (unpaired) electrons. The number of aliphatic hydroxyl groups is 1. The lowest BCUT2D eigenvalue weighted by Gasteiger charge is -2.11. The summed E-state index contributed by atoms with van der Waals surface area (Å²) >= 11 is 0. The van der Waals surface area contributed by atoms with E-state index in [1.807, 2.05) is 0 Å². The number of halogens is 2. The third-order valence-electron chi connectivity index (χ3n) is 2.24. The molecular weight excluding hydrogens is 200 g/mol. The van der Waals surface area contributed by atoms with Gasteiger partial charge in [0.15, 0.2) is 0 Å². The van der Waals surface area contributed by atoms with Crippen molar-refractivity contribution in [1.29, 1.82) is 0 Å². The van der Waals surface area contributed by atoms with Gasteiger partial charge in [0.1, 0.15) is 11.6 Å². The maximum Gasteiger partial charge on any atom is 0.130 e. The number of rotatable bonds is 4. The van der Waals surface area contributed by atoms with Crippen molar-refractivity contribution in [2.45, 2.75) is 26.4 Å². The maximum absolute atomic E-state index is 13.2. The van der Waals surface area contributed by atoms with Crippen molar-refractivity contribution in [3.05, 3.63) is 34.9 Å². The Morgan fingerprint density at radius 3 is 2.60 bits per heavy atom. The normalized spacial score (nSPS) is 12.9. The van der Waals surface area contributed by atoms with Crippen LogP contribution < -0.4 is 5.32 Å². The molecule has 0 aliphatic rings. The molecule has 4 heteroatoms. The minimum atomic E-state index is -0.560. The summed E-state index contributed by atoms with van der Waals surface area (Å²) in [7, 11) is 0. The first-order chi connectivity index (χ1) is 7.04. The number of benzene rings is 1. The van der Waals surface area contributed by atoms with Crippen LogP contribution in [0, 0.1) is 18.6 Å². The summed E-state index contributed by atoms with van der Waals surface area (Å²) < 4.78 is 26.2. The monoisotopic (exact) mass is 215 g/mol. The van der Waals surface area contributed by atoms with Gasteiger partial charge in [-0.2, -0.15) is 0 Å². The Hall–Kier alpha value is -1.00. The fraction of sp³-hybridized carbons (Fsp3) is 0.455. The van der Waals surface area contributed by atoms with Gasteiger partial charge in [-0.05, 0) is 25.5 Å². The van der Waals surface area contributed by atoms with Crippen LogP contribution in [0.2, 0.25) is 0 Å². The van der Waals surface area contributed by atoms with E-state index in [4.69, 9.17) is 5.11 Å². The minimum Gasteiger partial charge on any atom is -0.395 e. The van der Waals surface area contributed by atoms with Gasteiger partial charge in [0.25, 0.3) is 0 Å². The topological polar surface area (TPSA) is 32.3 Å². The molecule has 1 aromatic carbocycles. The van der Waals surface area contributed by atoms with Crippen molar-refractivity contribution in [3.63, 3.8) is 0 Å². The summed E-state index contributed by atoms with van der Waals surface area (Å²) in [5, 5.41) is 11.7. The molecule has 0 saturated carbocycles. The first kappa shape index (κ1) is 12.1. The molecule has 1 atom stereocenters. The van der Waals surface area contributed by atoms with Gasteiger partial charge in [-0.15, -0.1) is 0 Å². The van der Waals surface area contributed by atoms with E-state index >= 15 is 0 Å². The van der Waals surface area contributed by atoms with Crippen molar-refractivity contribution < 1.29 is 13.9 Å². The van der Waals surface area contributed by atoms with E-state index in [0.717, 1.165) is 6.07 Å². The number of hydrogen-bond donors (Lipinski definition) is 2. The van der Waals surface area contributed by atoms with Gasteiger partial charge in [-0.25, -0.2) is 8.78 Å². The second-order valence-electron chi connectivity index (χ2n) is 3.66. The number of aliphatic hydroxyl groups excluding tert-OH is 1. The number of aryl methyl sites for hydroxylation is 1. The fourth-order valence-electron chi connectivity index (χ4n) is 1.20. The van der Waals surface area contributed by atoms with Crippen LogP contribution in [0.3, 0.4) is 0 Å². The van der Waals surface area contributed by atoms with Crippen LogP contribution >= 0.6 is 0 Å². The van der Waals surface area contributed by atoms with Gasteiger partial charge in [0.2, 0.25) is 0 Å². The summed E-state index contributed by atoms with van der Waals surface area (Å²) in [6.07, 6.45) is 0. The van der Waals surface area contributed by atoms with Crippen LogP contribution in [-0.2, 0) is 6.54 Å². The van der Waals surface area contributed by atoms with Crippen molar-refractivity contribution in [1.82, 2.24) is 5.32 Å². The number of hydrogen-bond acceptors (Lipinski definition) is 2. The standard InChI is InChI=1S/C11H15F2NO/c1-7-3-9(5-14-8(2)6-15)11(13)4-10(7)12/h3-4,8,14-15H,5-6H2,1-2H3. The van der Waals surface area contributed by atoms with Gasteiger partial charge >= 0.3 is 0 Å². The van der Waals surface area contributed by atoms with Crippen LogP contribution in [0.15, 0.2) is 12.1 Å². The first-order valence-electron chi connectivity index (χ1n) is 4.83. The van der Waals surface area contributed by atoms with E-state index in [2.05, 4.69) is 5.32 Å². The highest BCUT2D eigenvalue weighted by Gasteiger charge is 2.08. The fourth-order valence-corrected chi connectivity index (χ4v) is 1.20. The highest BCUT2D eigenvalue weighted by molar-refractivity contribution is 5.25. The molecule has 2 N–H and O–H groups in total. The van der Waals surface area contributed by atoms with Gasteiger partial charge in [0.05, 0.1) is 6.61 Å². The van der Waals surface area contributed by atoms with E-state index in [9.17, 15) is 8.78 Å². The number of nitrogens with one attached hydrogen (secondary N) is 1. The van der Waals surface area contributed by atoms with Crippen molar-refractivity contribution in [2.75, 3.05) is 6.61 Å². The first-order valence-corrected chi connectivity index (χ1v) is 4.83. The van der Waals surface area contributed by atoms with Crippen LogP contribution in [0.1, 0.15) is 18.1 Å². The molecule has 0 heterocycles. The predicted octanol–water partition coefficient (Wildman–Crippen LogP) is 1.74. The lowest BCUT2D eigenvalue weighted by molar-refractivity contribution is 0.250. The van der Waals surface area contributed by atoms with Crippen LogP contribution in [0.5, 0.6) is 0 Å². The summed E-state index contributed by atoms with van der Waals surface area (Å²) in [6, 6.07) is 2.26. The molecule has 0 aliphatic heterocycles. The maximum atomic E-state index is 13.2. The summed E-state index contributed by atoms with van der Waals surface area (Å²) in [6.45, 7) is 3.65. The largest absolute Gasteiger partial charge is 0.395 e. The third kappa shape index (κ3) is 3.25. The molecule has 1 aromatic rings. The van der Waals surface area contributed by atoms with Gasteiger partial charge in [-0.3, -0.25) is 0 Å². The molecular formula is C11H15F2NO. The van der Waals surface area contributed by atoms with Crippen molar-refractivity contribution in [2.24, 2.45) is 0 Å². The lowest BCUT2D eigenvalue weighted by atomic mass is 10.1. The molecule has 0 amide bonds. The SMILES string of the molecule is Cc1cc(CNC(C)CO)c(F)cc1F. The zero-order valence-electron chi connectivity index (χ0n) is 8.85. The molecule has 0 aliphatic carbocycles. The zero-order valence-corrected chi connectivity index (χ0v) is 8.85. The Bertz CT molecular complexity index is 342. The molecule has 0 fully saturated rings. The van der Waals surface area contributed by atoms with Crippen LogP contribution in [0.25, 0.3) is 0 Å². The molecule has 0 spiro atoms. The Balaban J connectivity index is 2.73. The lowest BCUT2D eigenvalue weighted by Crippen LogP contribution is -2.29. The van der Waals surface area contributed by atoms with Crippen LogP contribution in [-0.4, -0.2) is 17.8 Å². The predicted molar refractivity (Wildman–Crippen MR) is 54.5 cm³/mol. The molecule has 1 unspecified atom stereocenters. The van der Waals surface area contributed by atoms with E-state index in [-0.39, 0.29) is 19.2 Å². The minimum absolute atomic E-state index is 0.0121. The molecule has 15 heavy (non-hydrogen) atoms. The van der Waals surface area contributed by atoms with Gasteiger partial charge in [0, 0.05) is 24.2 Å². The average Bonchev–Trinajstić information content (AvgIpc) is 2.21. The van der Waals surface area contributed by atoms with E-state index < -0.39 is 11.6 Å². The van der Waals surface area contributed by atoms with E-state index in [1.165, 1.54) is 6.07 Å². The van der Waals surface area contributed by atoms with Gasteiger partial charge < -0.3 is 10.4 Å². The van der Waals surface area contributed by atoms with Crippen molar-refractivity contribution >= 4 is 0 Å². The quantitative estimate of drug-likeness (QED) is 0.802. The molecule has 0 saturated heterocycles. The van der Waals surface area contributed by atoms with Crippen molar-refractivity contribution in [3.8, 4) is 0 Å². The average molecular weight is 215 g/mol. The second kappa shape index (κ2) is 5.19. The Labute approximate surface area is 87.9 Å². The van der Waals surface area contributed by atoms with Gasteiger partial charge in [-0.1, -0.05) is 0 Å². The van der Waals surface area contributed by atoms with E-state index in [0.29, 0.717) is 11.1 Å². The zero-order chi connectivity index (χ0) is 11.4. The summed E-state index contributed by atoms with van der Waals surface area (Å²) in [4.78, 5) is 0. The Morgan fingerprint density at radius 2 is 2.00 bits per heavy atom. The molecule has 0 aromatic heterocycles.